The van der Waals surface area contributed by atoms with Crippen molar-refractivity contribution in [2.45, 2.75) is 12.8 Å². The molecule has 3 heteroatoms. The number of hydrogen-bond acceptors (Lipinski definition) is 3. The van der Waals surface area contributed by atoms with Crippen molar-refractivity contribution in [3.63, 3.8) is 0 Å². The quantitative estimate of drug-likeness (QED) is 0.453. The Morgan fingerprint density at radius 3 is 3.20 bits per heavy atom. The van der Waals surface area contributed by atoms with E-state index in [0.717, 1.165) is 13.1 Å². The van der Waals surface area contributed by atoms with E-state index in [2.05, 4.69) is 15.3 Å². The van der Waals surface area contributed by atoms with Crippen LogP contribution in [0.25, 0.3) is 0 Å². The van der Waals surface area contributed by atoms with E-state index in [-0.39, 0.29) is 0 Å². The summed E-state index contributed by atoms with van der Waals surface area (Å²) in [4.78, 5) is 4.59. The molecule has 3 nitrogen and oxygen atoms in total. The summed E-state index contributed by atoms with van der Waals surface area (Å²) in [5.41, 5.74) is 0. The average molecular weight is 142 g/mol. The Morgan fingerprint density at radius 2 is 2.60 bits per heavy atom. The summed E-state index contributed by atoms with van der Waals surface area (Å²) in [5, 5.41) is 7.03. The van der Waals surface area contributed by atoms with Crippen LogP contribution in [0.4, 0.5) is 0 Å². The molecule has 1 rings (SSSR count). The van der Waals surface area contributed by atoms with Crippen molar-refractivity contribution in [2.24, 2.45) is 11.1 Å². The Bertz CT molecular complexity index is 108. The van der Waals surface area contributed by atoms with Crippen molar-refractivity contribution in [2.75, 3.05) is 20.2 Å². The van der Waals surface area contributed by atoms with Crippen molar-refractivity contribution in [3.8, 4) is 0 Å². The second kappa shape index (κ2) is 4.28. The second-order valence-corrected chi connectivity index (χ2v) is 2.54. The van der Waals surface area contributed by atoms with Crippen LogP contribution < -0.4 is 5.32 Å². The van der Waals surface area contributed by atoms with Gasteiger partial charge in [0, 0.05) is 18.7 Å². The van der Waals surface area contributed by atoms with E-state index < -0.39 is 0 Å². The highest BCUT2D eigenvalue weighted by Crippen LogP contribution is 2.06. The fourth-order valence-electron chi connectivity index (χ4n) is 1.15. The average Bonchev–Trinajstić information content (AvgIpc) is 2.03. The Labute approximate surface area is 61.4 Å². The molecule has 0 aromatic rings. The van der Waals surface area contributed by atoms with Gasteiger partial charge in [-0.25, -0.2) is 0 Å². The van der Waals surface area contributed by atoms with E-state index in [1.54, 1.807) is 7.11 Å². The molecule has 1 N–H and O–H groups in total. The normalized spacial score (nSPS) is 27.1. The Kier molecular flexibility index (Phi) is 3.22. The molecule has 1 saturated heterocycles. The highest BCUT2D eigenvalue weighted by atomic mass is 16.6. The predicted molar refractivity (Wildman–Crippen MR) is 41.1 cm³/mol. The van der Waals surface area contributed by atoms with Crippen LogP contribution in [0, 0.1) is 5.92 Å². The molecule has 58 valence electrons. The summed E-state index contributed by atoms with van der Waals surface area (Å²) >= 11 is 0. The van der Waals surface area contributed by atoms with Gasteiger partial charge in [-0.2, -0.15) is 0 Å². The van der Waals surface area contributed by atoms with Crippen molar-refractivity contribution in [1.29, 1.82) is 0 Å². The van der Waals surface area contributed by atoms with Crippen LogP contribution in [-0.4, -0.2) is 26.4 Å². The van der Waals surface area contributed by atoms with E-state index in [9.17, 15) is 0 Å². The SMILES string of the molecule is CO/N=C/C1CCCNC1. The third-order valence-electron chi connectivity index (χ3n) is 1.71. The number of nitrogens with one attached hydrogen (secondary N) is 1. The van der Waals surface area contributed by atoms with Crippen LogP contribution in [0.15, 0.2) is 5.16 Å². The summed E-state index contributed by atoms with van der Waals surface area (Å²) in [5.74, 6) is 0.577. The maximum absolute atomic E-state index is 4.59. The zero-order chi connectivity index (χ0) is 7.23. The molecule has 0 aromatic carbocycles. The van der Waals surface area contributed by atoms with E-state index >= 15 is 0 Å². The van der Waals surface area contributed by atoms with Gasteiger partial charge in [-0.3, -0.25) is 0 Å². The number of hydrogen-bond donors (Lipinski definition) is 1. The van der Waals surface area contributed by atoms with Crippen LogP contribution in [0.3, 0.4) is 0 Å². The molecule has 0 spiro atoms. The third-order valence-corrected chi connectivity index (χ3v) is 1.71. The maximum Gasteiger partial charge on any atom is 0.106 e. The molecule has 0 aromatic heterocycles. The summed E-state index contributed by atoms with van der Waals surface area (Å²) in [6, 6.07) is 0. The molecule has 1 heterocycles. The lowest BCUT2D eigenvalue weighted by atomic mass is 10.0. The second-order valence-electron chi connectivity index (χ2n) is 2.54. The minimum Gasteiger partial charge on any atom is -0.399 e. The van der Waals surface area contributed by atoms with Gasteiger partial charge >= 0.3 is 0 Å². The lowest BCUT2D eigenvalue weighted by molar-refractivity contribution is 0.212. The van der Waals surface area contributed by atoms with Gasteiger partial charge in [0.05, 0.1) is 0 Å². The van der Waals surface area contributed by atoms with Crippen LogP contribution in [0.1, 0.15) is 12.8 Å². The molecular weight excluding hydrogens is 128 g/mol. The minimum absolute atomic E-state index is 0.577. The van der Waals surface area contributed by atoms with Gasteiger partial charge in [0.2, 0.25) is 0 Å². The first-order chi connectivity index (χ1) is 4.93. The summed E-state index contributed by atoms with van der Waals surface area (Å²) in [7, 11) is 1.58. The van der Waals surface area contributed by atoms with Gasteiger partial charge in [0.1, 0.15) is 7.11 Å². The molecule has 1 fully saturated rings. The van der Waals surface area contributed by atoms with Crippen molar-refractivity contribution >= 4 is 6.21 Å². The molecule has 0 saturated carbocycles. The van der Waals surface area contributed by atoms with Crippen molar-refractivity contribution < 1.29 is 4.84 Å². The molecule has 0 aliphatic carbocycles. The monoisotopic (exact) mass is 142 g/mol. The summed E-state index contributed by atoms with van der Waals surface area (Å²) < 4.78 is 0. The number of piperidine rings is 1. The highest BCUT2D eigenvalue weighted by Gasteiger charge is 2.09. The number of oxime groups is 1. The lowest BCUT2D eigenvalue weighted by Gasteiger charge is -2.17. The maximum atomic E-state index is 4.59. The summed E-state index contributed by atoms with van der Waals surface area (Å²) in [6.45, 7) is 2.20. The van der Waals surface area contributed by atoms with Crippen molar-refractivity contribution in [3.05, 3.63) is 0 Å². The smallest absolute Gasteiger partial charge is 0.106 e. The van der Waals surface area contributed by atoms with Gasteiger partial charge in [0.25, 0.3) is 0 Å². The van der Waals surface area contributed by atoms with Gasteiger partial charge < -0.3 is 10.2 Å². The van der Waals surface area contributed by atoms with Gasteiger partial charge in [0.15, 0.2) is 0 Å². The topological polar surface area (TPSA) is 33.6 Å². The fraction of sp³-hybridized carbons (Fsp3) is 0.857. The zero-order valence-electron chi connectivity index (χ0n) is 6.34. The molecular formula is C7H14N2O. The van der Waals surface area contributed by atoms with Crippen LogP contribution >= 0.6 is 0 Å². The van der Waals surface area contributed by atoms with E-state index in [4.69, 9.17) is 0 Å². The first-order valence-electron chi connectivity index (χ1n) is 3.71. The Hall–Kier alpha value is -0.570. The fourth-order valence-corrected chi connectivity index (χ4v) is 1.15. The minimum atomic E-state index is 0.577. The van der Waals surface area contributed by atoms with Gasteiger partial charge in [-0.05, 0) is 19.4 Å². The molecule has 1 aliphatic heterocycles. The first kappa shape index (κ1) is 7.54. The van der Waals surface area contributed by atoms with E-state index in [1.807, 2.05) is 6.21 Å². The van der Waals surface area contributed by atoms with Gasteiger partial charge in [-0.1, -0.05) is 5.16 Å². The van der Waals surface area contributed by atoms with Crippen molar-refractivity contribution in [1.82, 2.24) is 5.32 Å². The van der Waals surface area contributed by atoms with E-state index in [1.165, 1.54) is 12.8 Å². The largest absolute Gasteiger partial charge is 0.399 e. The number of nitrogens with zero attached hydrogens (tertiary/aromatic N) is 1. The molecule has 0 amide bonds. The highest BCUT2D eigenvalue weighted by molar-refractivity contribution is 5.60. The van der Waals surface area contributed by atoms with E-state index in [0.29, 0.717) is 5.92 Å². The molecule has 10 heavy (non-hydrogen) atoms. The molecule has 1 aliphatic rings. The molecule has 1 atom stereocenters. The summed E-state index contributed by atoms with van der Waals surface area (Å²) in [6.07, 6.45) is 4.37. The third kappa shape index (κ3) is 2.35. The Morgan fingerprint density at radius 1 is 1.70 bits per heavy atom. The molecule has 1 unspecified atom stereocenters. The van der Waals surface area contributed by atoms with Crippen LogP contribution in [0.2, 0.25) is 0 Å². The zero-order valence-corrected chi connectivity index (χ0v) is 6.34. The van der Waals surface area contributed by atoms with Gasteiger partial charge in [-0.15, -0.1) is 0 Å². The first-order valence-corrected chi connectivity index (χ1v) is 3.71. The molecule has 0 radical (unpaired) electrons. The van der Waals surface area contributed by atoms with Crippen LogP contribution in [0.5, 0.6) is 0 Å². The molecule has 0 bridgehead atoms. The number of rotatable bonds is 2. The van der Waals surface area contributed by atoms with Crippen LogP contribution in [-0.2, 0) is 4.84 Å². The predicted octanol–water partition coefficient (Wildman–Crippen LogP) is 0.618. The Balaban J connectivity index is 2.19. The lowest BCUT2D eigenvalue weighted by Crippen LogP contribution is -2.30. The standard InChI is InChI=1S/C7H14N2O/c1-10-9-6-7-3-2-4-8-5-7/h6-8H,2-5H2,1H3/b9-6+.